The minimum atomic E-state index is -0.633. The van der Waals surface area contributed by atoms with Gasteiger partial charge in [-0.25, -0.2) is 9.50 Å². The van der Waals surface area contributed by atoms with Crippen LogP contribution in [0.4, 0.5) is 5.82 Å². The molecule has 6 heterocycles. The summed E-state index contributed by atoms with van der Waals surface area (Å²) in [5, 5.41) is 4.44. The number of aromatic nitrogens is 3. The first kappa shape index (κ1) is 21.7. The molecule has 0 aliphatic carbocycles. The van der Waals surface area contributed by atoms with Gasteiger partial charge in [0.1, 0.15) is 36.3 Å². The number of nitrogens with two attached hydrogens (primary N) is 1. The van der Waals surface area contributed by atoms with E-state index in [9.17, 15) is 0 Å². The summed E-state index contributed by atoms with van der Waals surface area (Å²) < 4.78 is 21.4. The zero-order chi connectivity index (χ0) is 22.8. The molecular weight excluding hydrogens is 420 g/mol. The van der Waals surface area contributed by atoms with Crippen molar-refractivity contribution >= 4 is 11.3 Å². The highest BCUT2D eigenvalue weighted by Crippen LogP contribution is 2.47. The van der Waals surface area contributed by atoms with Gasteiger partial charge in [-0.1, -0.05) is 6.92 Å². The Hall–Kier alpha value is -1.78. The topological polar surface area (TPSA) is 90.4 Å². The Morgan fingerprint density at radius 3 is 2.67 bits per heavy atom. The van der Waals surface area contributed by atoms with Crippen molar-refractivity contribution in [3.63, 3.8) is 0 Å². The Labute approximate surface area is 195 Å². The summed E-state index contributed by atoms with van der Waals surface area (Å²) in [7, 11) is 0. The van der Waals surface area contributed by atoms with E-state index in [1.165, 1.54) is 45.1 Å². The Bertz CT molecular complexity index is 1020. The van der Waals surface area contributed by atoms with Crippen LogP contribution in [0.25, 0.3) is 5.52 Å². The van der Waals surface area contributed by atoms with E-state index in [0.717, 1.165) is 30.8 Å². The number of rotatable bonds is 4. The molecule has 0 amide bonds. The summed E-state index contributed by atoms with van der Waals surface area (Å²) in [6.07, 6.45) is 5.92. The molecule has 4 aliphatic rings. The smallest absolute Gasteiger partial charge is 0.164 e. The molecule has 1 spiro atoms. The van der Waals surface area contributed by atoms with Gasteiger partial charge in [0.05, 0.1) is 5.69 Å². The number of hydrogen-bond donors (Lipinski definition) is 1. The predicted molar refractivity (Wildman–Crippen MR) is 124 cm³/mol. The van der Waals surface area contributed by atoms with E-state index in [-0.39, 0.29) is 24.4 Å². The molecule has 0 unspecified atom stereocenters. The highest BCUT2D eigenvalue weighted by atomic mass is 16.8. The van der Waals surface area contributed by atoms with Gasteiger partial charge in [0.25, 0.3) is 0 Å². The summed E-state index contributed by atoms with van der Waals surface area (Å²) in [5.41, 5.74) is 8.10. The van der Waals surface area contributed by atoms with E-state index >= 15 is 0 Å². The Kier molecular flexibility index (Phi) is 5.19. The molecule has 33 heavy (non-hydrogen) atoms. The van der Waals surface area contributed by atoms with E-state index in [2.05, 4.69) is 26.8 Å². The fraction of sp³-hybridized carbons (Fsp3) is 0.750. The predicted octanol–water partition coefficient (Wildman–Crippen LogP) is 2.22. The molecule has 0 aromatic carbocycles. The average Bonchev–Trinajstić information content (AvgIpc) is 3.53. The molecule has 9 nitrogen and oxygen atoms in total. The Morgan fingerprint density at radius 2 is 1.88 bits per heavy atom. The number of hydrogen-bond acceptors (Lipinski definition) is 8. The van der Waals surface area contributed by atoms with Crippen LogP contribution in [0.15, 0.2) is 18.5 Å². The van der Waals surface area contributed by atoms with Gasteiger partial charge in [0.15, 0.2) is 11.6 Å². The van der Waals surface area contributed by atoms with Gasteiger partial charge < -0.3 is 24.8 Å². The number of nitrogen functional groups attached to an aromatic ring is 1. The lowest BCUT2D eigenvalue weighted by molar-refractivity contribution is -0.191. The van der Waals surface area contributed by atoms with Crippen LogP contribution in [0.2, 0.25) is 0 Å². The van der Waals surface area contributed by atoms with Gasteiger partial charge in [-0.05, 0) is 77.8 Å². The number of piperidine rings is 1. The van der Waals surface area contributed by atoms with Crippen molar-refractivity contribution in [3.05, 3.63) is 24.2 Å². The van der Waals surface area contributed by atoms with Gasteiger partial charge >= 0.3 is 0 Å². The van der Waals surface area contributed by atoms with E-state index in [4.69, 9.17) is 19.9 Å². The van der Waals surface area contributed by atoms with E-state index in [1.54, 1.807) is 0 Å². The molecule has 6 rings (SSSR count). The maximum Gasteiger partial charge on any atom is 0.164 e. The van der Waals surface area contributed by atoms with Crippen molar-refractivity contribution in [3.8, 4) is 0 Å². The molecule has 9 heteroatoms. The third kappa shape index (κ3) is 3.56. The fourth-order valence-corrected chi connectivity index (χ4v) is 6.60. The molecule has 0 bridgehead atoms. The Morgan fingerprint density at radius 1 is 1.09 bits per heavy atom. The van der Waals surface area contributed by atoms with Gasteiger partial charge in [0, 0.05) is 12.1 Å². The number of anilines is 1. The number of ether oxygens (including phenoxy) is 3. The first-order chi connectivity index (χ1) is 15.9. The summed E-state index contributed by atoms with van der Waals surface area (Å²) in [5.74, 6) is -0.171. The summed E-state index contributed by atoms with van der Waals surface area (Å²) in [6.45, 7) is 11.8. The van der Waals surface area contributed by atoms with Crippen LogP contribution in [0.5, 0.6) is 0 Å². The Balaban J connectivity index is 1.27. The number of likely N-dealkylation sites (tertiary alicyclic amines) is 2. The van der Waals surface area contributed by atoms with Crippen LogP contribution in [0, 0.1) is 0 Å². The van der Waals surface area contributed by atoms with Crippen molar-refractivity contribution in [2.45, 2.75) is 82.2 Å². The molecule has 180 valence electrons. The monoisotopic (exact) mass is 456 g/mol. The van der Waals surface area contributed by atoms with Crippen LogP contribution in [-0.2, 0) is 14.2 Å². The average molecular weight is 457 g/mol. The van der Waals surface area contributed by atoms with Gasteiger partial charge in [-0.3, -0.25) is 4.90 Å². The standard InChI is InChI=1S/C24H36N6O3/c1-4-28-12-9-24(10-13-28)8-5-11-29(24)14-18-20-21(33-23(2,3)32-20)19(31-18)16-6-7-17-22(25)26-15-27-30(16)17/h6-7,15,18-21H,4-5,8-14H2,1-3H3,(H2,25,26,27)/t18-,19+,20-,21+/m1/s1. The summed E-state index contributed by atoms with van der Waals surface area (Å²) >= 11 is 0. The second-order valence-corrected chi connectivity index (χ2v) is 10.6. The number of fused-ring (bicyclic) bond motifs is 2. The zero-order valence-electron chi connectivity index (χ0n) is 19.9. The van der Waals surface area contributed by atoms with Crippen LogP contribution in [0.1, 0.15) is 58.3 Å². The zero-order valence-corrected chi connectivity index (χ0v) is 19.9. The molecule has 4 saturated heterocycles. The minimum Gasteiger partial charge on any atom is -0.382 e. The molecule has 2 aromatic heterocycles. The van der Waals surface area contributed by atoms with Crippen LogP contribution in [0.3, 0.4) is 0 Å². The maximum absolute atomic E-state index is 6.73. The molecule has 2 N–H and O–H groups in total. The van der Waals surface area contributed by atoms with Gasteiger partial charge in [0.2, 0.25) is 0 Å². The van der Waals surface area contributed by atoms with E-state index < -0.39 is 5.79 Å². The third-order valence-corrected chi connectivity index (χ3v) is 8.33. The first-order valence-electron chi connectivity index (χ1n) is 12.5. The fourth-order valence-electron chi connectivity index (χ4n) is 6.60. The summed E-state index contributed by atoms with van der Waals surface area (Å²) in [4.78, 5) is 9.39. The second-order valence-electron chi connectivity index (χ2n) is 10.6. The lowest BCUT2D eigenvalue weighted by atomic mass is 9.84. The summed E-state index contributed by atoms with van der Waals surface area (Å²) in [6, 6.07) is 3.98. The number of nitrogens with zero attached hydrogens (tertiary/aromatic N) is 5. The van der Waals surface area contributed by atoms with Crippen LogP contribution >= 0.6 is 0 Å². The largest absolute Gasteiger partial charge is 0.382 e. The van der Waals surface area contributed by atoms with Crippen molar-refractivity contribution in [1.82, 2.24) is 24.4 Å². The quantitative estimate of drug-likeness (QED) is 0.749. The normalized spacial score (nSPS) is 33.9. The molecule has 2 aromatic rings. The first-order valence-corrected chi connectivity index (χ1v) is 12.5. The van der Waals surface area contributed by atoms with Gasteiger partial charge in [-0.15, -0.1) is 0 Å². The molecule has 0 saturated carbocycles. The molecule has 0 radical (unpaired) electrons. The van der Waals surface area contributed by atoms with Gasteiger partial charge in [-0.2, -0.15) is 5.10 Å². The highest BCUT2D eigenvalue weighted by Gasteiger charge is 2.57. The van der Waals surface area contributed by atoms with E-state index in [1.807, 2.05) is 30.5 Å². The molecular formula is C24H36N6O3. The van der Waals surface area contributed by atoms with Crippen LogP contribution < -0.4 is 5.73 Å². The van der Waals surface area contributed by atoms with Crippen molar-refractivity contribution in [1.29, 1.82) is 0 Å². The molecule has 4 fully saturated rings. The highest BCUT2D eigenvalue weighted by molar-refractivity contribution is 5.65. The maximum atomic E-state index is 6.73. The second kappa shape index (κ2) is 7.88. The van der Waals surface area contributed by atoms with E-state index in [0.29, 0.717) is 11.4 Å². The third-order valence-electron chi connectivity index (χ3n) is 8.33. The van der Waals surface area contributed by atoms with Crippen molar-refractivity contribution in [2.24, 2.45) is 0 Å². The minimum absolute atomic E-state index is 0.0503. The SMILES string of the molecule is CCN1CCC2(CCCN2C[C@H]2O[C@@H](c3ccc4c(N)ncnn34)[C@@H]3OC(C)(C)O[C@@H]32)CC1. The van der Waals surface area contributed by atoms with Crippen LogP contribution in [-0.4, -0.2) is 86.8 Å². The van der Waals surface area contributed by atoms with Crippen molar-refractivity contribution in [2.75, 3.05) is 38.5 Å². The molecule has 4 aliphatic heterocycles. The van der Waals surface area contributed by atoms with Crippen molar-refractivity contribution < 1.29 is 14.2 Å². The lowest BCUT2D eigenvalue weighted by Gasteiger charge is -2.46. The molecule has 4 atom stereocenters. The lowest BCUT2D eigenvalue weighted by Crippen LogP contribution is -2.54.